The fourth-order valence-electron chi connectivity index (χ4n) is 0.833. The summed E-state index contributed by atoms with van der Waals surface area (Å²) in [5, 5.41) is 25.0. The third-order valence-electron chi connectivity index (χ3n) is 1.50. The lowest BCUT2D eigenvalue weighted by atomic mass is 10.1. The standard InChI is InChI=1S/C8H11NO2.CH2O2/c9-5-8(11)6-1-3-7(10)4-2-6;2-1-3/h1-4,8,10-11H,5,9H2;1H,(H,2,3). The largest absolute Gasteiger partial charge is 0.508 e. The van der Waals surface area contributed by atoms with Crippen LogP contribution >= 0.6 is 0 Å². The van der Waals surface area contributed by atoms with Crippen LogP contribution in [0.3, 0.4) is 0 Å². The zero-order valence-corrected chi connectivity index (χ0v) is 7.50. The van der Waals surface area contributed by atoms with E-state index in [0.29, 0.717) is 0 Å². The summed E-state index contributed by atoms with van der Waals surface area (Å²) in [5.74, 6) is 0.193. The number of hydrogen-bond acceptors (Lipinski definition) is 4. The maximum atomic E-state index is 9.21. The molecule has 0 aliphatic rings. The summed E-state index contributed by atoms with van der Waals surface area (Å²) in [7, 11) is 0. The Kier molecular flexibility index (Phi) is 6.09. The van der Waals surface area contributed by atoms with E-state index in [-0.39, 0.29) is 18.8 Å². The molecule has 1 unspecified atom stereocenters. The lowest BCUT2D eigenvalue weighted by Crippen LogP contribution is -2.10. The quantitative estimate of drug-likeness (QED) is 0.505. The summed E-state index contributed by atoms with van der Waals surface area (Å²) < 4.78 is 0. The second-order valence-electron chi connectivity index (χ2n) is 2.45. The Hall–Kier alpha value is -1.59. The molecule has 5 N–H and O–H groups in total. The first kappa shape index (κ1) is 12.4. The van der Waals surface area contributed by atoms with Gasteiger partial charge in [-0.2, -0.15) is 0 Å². The summed E-state index contributed by atoms with van der Waals surface area (Å²) in [6.07, 6.45) is -0.629. The van der Waals surface area contributed by atoms with Crippen LogP contribution in [-0.2, 0) is 4.79 Å². The van der Waals surface area contributed by atoms with Crippen LogP contribution in [0.1, 0.15) is 11.7 Å². The second-order valence-corrected chi connectivity index (χ2v) is 2.45. The zero-order chi connectivity index (χ0) is 11.0. The average Bonchev–Trinajstić information content (AvgIpc) is 2.19. The van der Waals surface area contributed by atoms with E-state index in [1.807, 2.05) is 0 Å². The predicted molar refractivity (Wildman–Crippen MR) is 50.8 cm³/mol. The van der Waals surface area contributed by atoms with Crippen LogP contribution in [-0.4, -0.2) is 28.3 Å². The number of hydrogen-bond donors (Lipinski definition) is 4. The summed E-state index contributed by atoms with van der Waals surface area (Å²) in [4.78, 5) is 8.36. The van der Waals surface area contributed by atoms with Gasteiger partial charge in [0.2, 0.25) is 0 Å². The second kappa shape index (κ2) is 6.88. The number of aliphatic hydroxyl groups is 1. The van der Waals surface area contributed by atoms with Gasteiger partial charge in [-0.3, -0.25) is 4.79 Å². The van der Waals surface area contributed by atoms with Gasteiger partial charge in [-0.25, -0.2) is 0 Å². The molecule has 0 bridgehead atoms. The Bertz CT molecular complexity index is 260. The van der Waals surface area contributed by atoms with Crippen LogP contribution in [0.2, 0.25) is 0 Å². The number of phenols is 1. The number of benzene rings is 1. The van der Waals surface area contributed by atoms with Crippen molar-refractivity contribution in [2.75, 3.05) is 6.54 Å². The molecule has 0 saturated heterocycles. The highest BCUT2D eigenvalue weighted by molar-refractivity contribution is 5.32. The van der Waals surface area contributed by atoms with Gasteiger partial charge < -0.3 is 21.1 Å². The molecule has 14 heavy (non-hydrogen) atoms. The van der Waals surface area contributed by atoms with Crippen molar-refractivity contribution in [2.24, 2.45) is 5.73 Å². The van der Waals surface area contributed by atoms with Crippen LogP contribution in [0.5, 0.6) is 5.75 Å². The van der Waals surface area contributed by atoms with Crippen molar-refractivity contribution >= 4 is 6.47 Å². The summed E-state index contributed by atoms with van der Waals surface area (Å²) in [6.45, 7) is -0.0508. The molecule has 5 heteroatoms. The molecule has 5 nitrogen and oxygen atoms in total. The molecule has 0 spiro atoms. The third kappa shape index (κ3) is 4.44. The zero-order valence-electron chi connectivity index (χ0n) is 7.50. The van der Waals surface area contributed by atoms with E-state index in [1.54, 1.807) is 12.1 Å². The highest BCUT2D eigenvalue weighted by Gasteiger charge is 2.02. The van der Waals surface area contributed by atoms with Gasteiger partial charge in [0, 0.05) is 6.54 Å². The van der Waals surface area contributed by atoms with Crippen molar-refractivity contribution in [2.45, 2.75) is 6.10 Å². The summed E-state index contributed by atoms with van der Waals surface area (Å²) in [5.41, 5.74) is 5.96. The van der Waals surface area contributed by atoms with E-state index in [1.165, 1.54) is 12.1 Å². The maximum absolute atomic E-state index is 9.21. The molecule has 0 amide bonds. The molecule has 0 radical (unpaired) electrons. The topological polar surface area (TPSA) is 104 Å². The van der Waals surface area contributed by atoms with Crippen LogP contribution < -0.4 is 5.73 Å². The Morgan fingerprint density at radius 1 is 1.36 bits per heavy atom. The highest BCUT2D eigenvalue weighted by atomic mass is 16.3. The summed E-state index contributed by atoms with van der Waals surface area (Å²) >= 11 is 0. The first-order chi connectivity index (χ1) is 6.65. The van der Waals surface area contributed by atoms with E-state index in [4.69, 9.17) is 20.7 Å². The molecule has 1 aromatic carbocycles. The monoisotopic (exact) mass is 199 g/mol. The normalized spacial score (nSPS) is 11.0. The molecule has 0 heterocycles. The maximum Gasteiger partial charge on any atom is 0.290 e. The molecule has 1 rings (SSSR count). The van der Waals surface area contributed by atoms with Gasteiger partial charge in [0.25, 0.3) is 6.47 Å². The number of carbonyl (C=O) groups is 1. The molecule has 0 aliphatic heterocycles. The third-order valence-corrected chi connectivity index (χ3v) is 1.50. The van der Waals surface area contributed by atoms with E-state index in [9.17, 15) is 5.11 Å². The number of phenolic OH excluding ortho intramolecular Hbond substituents is 1. The fraction of sp³-hybridized carbons (Fsp3) is 0.222. The molecule has 78 valence electrons. The number of carboxylic acid groups (broad SMARTS) is 1. The van der Waals surface area contributed by atoms with Crippen molar-refractivity contribution in [3.05, 3.63) is 29.8 Å². The van der Waals surface area contributed by atoms with Crippen LogP contribution in [0, 0.1) is 0 Å². The van der Waals surface area contributed by atoms with Crippen molar-refractivity contribution in [1.82, 2.24) is 0 Å². The van der Waals surface area contributed by atoms with Crippen molar-refractivity contribution < 1.29 is 20.1 Å². The molecular weight excluding hydrogens is 186 g/mol. The molecule has 0 saturated carbocycles. The number of nitrogens with two attached hydrogens (primary N) is 1. The lowest BCUT2D eigenvalue weighted by Gasteiger charge is -2.06. The Morgan fingerprint density at radius 3 is 2.14 bits per heavy atom. The minimum atomic E-state index is -0.629. The molecule has 0 aliphatic carbocycles. The predicted octanol–water partition coefficient (Wildman–Crippen LogP) is 0.0851. The molecule has 1 aromatic rings. The number of rotatable bonds is 2. The van der Waals surface area contributed by atoms with Gasteiger partial charge in [-0.1, -0.05) is 12.1 Å². The molecular formula is C9H13NO4. The minimum Gasteiger partial charge on any atom is -0.508 e. The Labute approximate surface area is 81.4 Å². The van der Waals surface area contributed by atoms with Crippen molar-refractivity contribution in [3.8, 4) is 5.75 Å². The molecule has 1 atom stereocenters. The van der Waals surface area contributed by atoms with E-state index >= 15 is 0 Å². The summed E-state index contributed by atoms with van der Waals surface area (Å²) in [6, 6.07) is 6.34. The van der Waals surface area contributed by atoms with Crippen molar-refractivity contribution in [3.63, 3.8) is 0 Å². The van der Waals surface area contributed by atoms with Crippen molar-refractivity contribution in [1.29, 1.82) is 0 Å². The lowest BCUT2D eigenvalue weighted by molar-refractivity contribution is -0.122. The number of aromatic hydroxyl groups is 1. The fourth-order valence-corrected chi connectivity index (χ4v) is 0.833. The Balaban J connectivity index is 0.000000500. The average molecular weight is 199 g/mol. The van der Waals surface area contributed by atoms with Gasteiger partial charge in [0.1, 0.15) is 5.75 Å². The van der Waals surface area contributed by atoms with E-state index in [0.717, 1.165) is 5.56 Å². The van der Waals surface area contributed by atoms with Gasteiger partial charge in [0.05, 0.1) is 6.10 Å². The SMILES string of the molecule is NCC(O)c1ccc(O)cc1.O=CO. The molecule has 0 fully saturated rings. The van der Waals surface area contributed by atoms with Crippen LogP contribution in [0.4, 0.5) is 0 Å². The molecule has 0 aromatic heterocycles. The number of aliphatic hydroxyl groups excluding tert-OH is 1. The van der Waals surface area contributed by atoms with E-state index < -0.39 is 6.10 Å². The first-order valence-electron chi connectivity index (χ1n) is 3.90. The smallest absolute Gasteiger partial charge is 0.290 e. The Morgan fingerprint density at radius 2 is 1.79 bits per heavy atom. The van der Waals surface area contributed by atoms with Crippen LogP contribution in [0.15, 0.2) is 24.3 Å². The van der Waals surface area contributed by atoms with Crippen LogP contribution in [0.25, 0.3) is 0 Å². The first-order valence-corrected chi connectivity index (χ1v) is 3.90. The van der Waals surface area contributed by atoms with Gasteiger partial charge in [-0.15, -0.1) is 0 Å². The minimum absolute atomic E-state index is 0.193. The highest BCUT2D eigenvalue weighted by Crippen LogP contribution is 2.15. The van der Waals surface area contributed by atoms with Gasteiger partial charge >= 0.3 is 0 Å². The van der Waals surface area contributed by atoms with E-state index in [2.05, 4.69) is 0 Å². The van der Waals surface area contributed by atoms with Gasteiger partial charge in [-0.05, 0) is 17.7 Å². The van der Waals surface area contributed by atoms with Gasteiger partial charge in [0.15, 0.2) is 0 Å².